The van der Waals surface area contributed by atoms with Gasteiger partial charge in [-0.2, -0.15) is 0 Å². The Morgan fingerprint density at radius 3 is 2.48 bits per heavy atom. The molecule has 1 aliphatic rings. The predicted molar refractivity (Wildman–Crippen MR) is 88.7 cm³/mol. The van der Waals surface area contributed by atoms with Gasteiger partial charge in [0.05, 0.1) is 13.2 Å². The summed E-state index contributed by atoms with van der Waals surface area (Å²) in [4.78, 5) is 2.54. The number of rotatable bonds is 9. The van der Waals surface area contributed by atoms with Crippen molar-refractivity contribution in [1.82, 2.24) is 10.2 Å². The van der Waals surface area contributed by atoms with E-state index in [1.807, 2.05) is 0 Å². The Morgan fingerprint density at radius 2 is 1.90 bits per heavy atom. The molecule has 0 aromatic rings. The molecule has 0 saturated heterocycles. The van der Waals surface area contributed by atoms with E-state index in [9.17, 15) is 0 Å². The lowest BCUT2D eigenvalue weighted by Crippen LogP contribution is -2.50. The van der Waals surface area contributed by atoms with Gasteiger partial charge in [-0.15, -0.1) is 0 Å². The summed E-state index contributed by atoms with van der Waals surface area (Å²) in [6.07, 6.45) is 2.64. The average Bonchev–Trinajstić information content (AvgIpc) is 2.44. The Morgan fingerprint density at radius 1 is 1.19 bits per heavy atom. The summed E-state index contributed by atoms with van der Waals surface area (Å²) in [6.45, 7) is 10.7. The summed E-state index contributed by atoms with van der Waals surface area (Å²) in [5.41, 5.74) is 0. The molecule has 4 heteroatoms. The molecule has 1 fully saturated rings. The third-order valence-corrected chi connectivity index (χ3v) is 5.11. The van der Waals surface area contributed by atoms with Crippen molar-refractivity contribution in [2.45, 2.75) is 45.7 Å². The summed E-state index contributed by atoms with van der Waals surface area (Å²) < 4.78 is 10.6. The summed E-state index contributed by atoms with van der Waals surface area (Å²) in [6, 6.07) is 1.07. The first kappa shape index (κ1) is 18.9. The van der Waals surface area contributed by atoms with Crippen molar-refractivity contribution in [3.8, 4) is 0 Å². The molecule has 0 heterocycles. The van der Waals surface area contributed by atoms with E-state index in [1.54, 1.807) is 14.2 Å². The van der Waals surface area contributed by atoms with E-state index in [2.05, 4.69) is 38.0 Å². The zero-order chi connectivity index (χ0) is 15.8. The van der Waals surface area contributed by atoms with Gasteiger partial charge < -0.3 is 14.8 Å². The quantitative estimate of drug-likeness (QED) is 0.708. The van der Waals surface area contributed by atoms with Crippen LogP contribution >= 0.6 is 0 Å². The van der Waals surface area contributed by atoms with Crippen LogP contribution in [0.4, 0.5) is 0 Å². The fourth-order valence-corrected chi connectivity index (χ4v) is 3.87. The standard InChI is InChI=1S/C17H36N2O2/c1-13-9-14(2)16(17(10-13)18-4)11-19(7-8-20-5)15(3)12-21-6/h13-18H,7-12H2,1-6H3. The summed E-state index contributed by atoms with van der Waals surface area (Å²) in [5, 5.41) is 3.56. The van der Waals surface area contributed by atoms with E-state index in [0.29, 0.717) is 18.0 Å². The van der Waals surface area contributed by atoms with Crippen molar-refractivity contribution < 1.29 is 9.47 Å². The van der Waals surface area contributed by atoms with Gasteiger partial charge in [0.1, 0.15) is 0 Å². The normalized spacial score (nSPS) is 31.6. The van der Waals surface area contributed by atoms with E-state index in [0.717, 1.165) is 38.1 Å². The molecule has 0 spiro atoms. The van der Waals surface area contributed by atoms with Gasteiger partial charge in [0.25, 0.3) is 0 Å². The Labute approximate surface area is 131 Å². The molecule has 1 rings (SSSR count). The van der Waals surface area contributed by atoms with Crippen molar-refractivity contribution in [2.75, 3.05) is 47.6 Å². The molecular formula is C17H36N2O2. The van der Waals surface area contributed by atoms with Crippen LogP contribution in [0.2, 0.25) is 0 Å². The van der Waals surface area contributed by atoms with E-state index < -0.39 is 0 Å². The fourth-order valence-electron chi connectivity index (χ4n) is 3.87. The second-order valence-electron chi connectivity index (χ2n) is 6.90. The summed E-state index contributed by atoms with van der Waals surface area (Å²) in [7, 11) is 5.67. The van der Waals surface area contributed by atoms with Crippen LogP contribution in [-0.2, 0) is 9.47 Å². The molecule has 4 nitrogen and oxygen atoms in total. The number of hydrogen-bond donors (Lipinski definition) is 1. The van der Waals surface area contributed by atoms with Crippen LogP contribution in [0.3, 0.4) is 0 Å². The minimum atomic E-state index is 0.439. The third-order valence-electron chi connectivity index (χ3n) is 5.11. The predicted octanol–water partition coefficient (Wildman–Crippen LogP) is 2.24. The number of hydrogen-bond acceptors (Lipinski definition) is 4. The van der Waals surface area contributed by atoms with Crippen LogP contribution in [0.25, 0.3) is 0 Å². The van der Waals surface area contributed by atoms with E-state index in [4.69, 9.17) is 9.47 Å². The maximum atomic E-state index is 5.35. The first-order valence-electron chi connectivity index (χ1n) is 8.42. The van der Waals surface area contributed by atoms with Crippen molar-refractivity contribution in [3.63, 3.8) is 0 Å². The highest BCUT2D eigenvalue weighted by atomic mass is 16.5. The molecule has 0 aromatic heterocycles. The Hall–Kier alpha value is -0.160. The maximum Gasteiger partial charge on any atom is 0.0615 e. The van der Waals surface area contributed by atoms with Gasteiger partial charge in [-0.3, -0.25) is 4.90 Å². The highest BCUT2D eigenvalue weighted by molar-refractivity contribution is 4.89. The SMILES string of the molecule is CNC1CC(C)CC(C)C1CN(CCOC)C(C)COC. The van der Waals surface area contributed by atoms with Gasteiger partial charge in [-0.25, -0.2) is 0 Å². The van der Waals surface area contributed by atoms with Gasteiger partial charge in [0.2, 0.25) is 0 Å². The molecule has 126 valence electrons. The molecule has 1 N–H and O–H groups in total. The monoisotopic (exact) mass is 300 g/mol. The molecule has 1 saturated carbocycles. The van der Waals surface area contributed by atoms with Gasteiger partial charge in [-0.05, 0) is 44.6 Å². The number of nitrogens with zero attached hydrogens (tertiary/aromatic N) is 1. The first-order valence-corrected chi connectivity index (χ1v) is 8.42. The van der Waals surface area contributed by atoms with Gasteiger partial charge in [0, 0.05) is 39.4 Å². The van der Waals surface area contributed by atoms with Crippen LogP contribution in [0.1, 0.15) is 33.6 Å². The minimum absolute atomic E-state index is 0.439. The molecule has 0 bridgehead atoms. The summed E-state index contributed by atoms with van der Waals surface area (Å²) in [5.74, 6) is 2.31. The van der Waals surface area contributed by atoms with Crippen molar-refractivity contribution in [1.29, 1.82) is 0 Å². The largest absolute Gasteiger partial charge is 0.383 e. The van der Waals surface area contributed by atoms with Gasteiger partial charge >= 0.3 is 0 Å². The molecule has 0 aliphatic heterocycles. The summed E-state index contributed by atoms with van der Waals surface area (Å²) >= 11 is 0. The topological polar surface area (TPSA) is 33.7 Å². The Bertz CT molecular complexity index is 276. The van der Waals surface area contributed by atoms with Crippen LogP contribution in [0.15, 0.2) is 0 Å². The van der Waals surface area contributed by atoms with Gasteiger partial charge in [-0.1, -0.05) is 13.8 Å². The highest BCUT2D eigenvalue weighted by Crippen LogP contribution is 2.34. The zero-order valence-corrected chi connectivity index (χ0v) is 14.9. The van der Waals surface area contributed by atoms with Crippen LogP contribution in [0.5, 0.6) is 0 Å². The van der Waals surface area contributed by atoms with Crippen molar-refractivity contribution in [2.24, 2.45) is 17.8 Å². The van der Waals surface area contributed by atoms with E-state index >= 15 is 0 Å². The fraction of sp³-hybridized carbons (Fsp3) is 1.00. The molecule has 0 amide bonds. The van der Waals surface area contributed by atoms with Gasteiger partial charge in [0.15, 0.2) is 0 Å². The molecule has 5 unspecified atom stereocenters. The molecule has 21 heavy (non-hydrogen) atoms. The van der Waals surface area contributed by atoms with Crippen LogP contribution < -0.4 is 5.32 Å². The third kappa shape index (κ3) is 5.85. The first-order chi connectivity index (χ1) is 10.0. The molecule has 5 atom stereocenters. The second-order valence-corrected chi connectivity index (χ2v) is 6.90. The lowest BCUT2D eigenvalue weighted by Gasteiger charge is -2.43. The maximum absolute atomic E-state index is 5.35. The zero-order valence-electron chi connectivity index (χ0n) is 14.9. The lowest BCUT2D eigenvalue weighted by molar-refractivity contribution is 0.0381. The molecule has 1 aliphatic carbocycles. The average molecular weight is 300 g/mol. The smallest absolute Gasteiger partial charge is 0.0615 e. The van der Waals surface area contributed by atoms with E-state index in [1.165, 1.54) is 12.8 Å². The number of nitrogens with one attached hydrogen (secondary N) is 1. The minimum Gasteiger partial charge on any atom is -0.383 e. The Balaban J connectivity index is 2.69. The number of methoxy groups -OCH3 is 2. The van der Waals surface area contributed by atoms with Crippen molar-refractivity contribution >= 4 is 0 Å². The second kappa shape index (κ2) is 9.78. The molecule has 0 radical (unpaired) electrons. The Kier molecular flexibility index (Phi) is 8.79. The van der Waals surface area contributed by atoms with Crippen LogP contribution in [-0.4, -0.2) is 64.6 Å². The van der Waals surface area contributed by atoms with Crippen molar-refractivity contribution in [3.05, 3.63) is 0 Å². The van der Waals surface area contributed by atoms with E-state index in [-0.39, 0.29) is 0 Å². The number of ether oxygens (including phenoxy) is 2. The molecular weight excluding hydrogens is 264 g/mol. The van der Waals surface area contributed by atoms with Crippen LogP contribution in [0, 0.1) is 17.8 Å². The molecule has 0 aromatic carbocycles. The lowest BCUT2D eigenvalue weighted by atomic mass is 9.72. The highest BCUT2D eigenvalue weighted by Gasteiger charge is 2.34.